The lowest BCUT2D eigenvalue weighted by atomic mass is 10.1. The van der Waals surface area contributed by atoms with Gasteiger partial charge in [0.2, 0.25) is 0 Å². The maximum atomic E-state index is 11.0. The van der Waals surface area contributed by atoms with Gasteiger partial charge in [0.25, 0.3) is 0 Å². The van der Waals surface area contributed by atoms with Gasteiger partial charge in [0, 0.05) is 10.0 Å². The minimum absolute atomic E-state index is 0.0843. The summed E-state index contributed by atoms with van der Waals surface area (Å²) in [5.74, 6) is 0.0843. The van der Waals surface area contributed by atoms with Crippen LogP contribution < -0.4 is 0 Å². The molecule has 1 rings (SSSR count). The van der Waals surface area contributed by atoms with E-state index in [4.69, 9.17) is 23.2 Å². The Morgan fingerprint density at radius 3 is 2.71 bits per heavy atom. The fourth-order valence-electron chi connectivity index (χ4n) is 1.04. The van der Waals surface area contributed by atoms with Gasteiger partial charge in [0.05, 0.1) is 4.83 Å². The average molecular weight is 296 g/mol. The van der Waals surface area contributed by atoms with E-state index < -0.39 is 0 Å². The topological polar surface area (TPSA) is 17.1 Å². The van der Waals surface area contributed by atoms with Crippen molar-refractivity contribution in [2.75, 3.05) is 0 Å². The third kappa shape index (κ3) is 3.26. The molecule has 0 spiro atoms. The van der Waals surface area contributed by atoms with E-state index in [2.05, 4.69) is 15.9 Å². The van der Waals surface area contributed by atoms with Crippen molar-refractivity contribution in [2.24, 2.45) is 0 Å². The molecule has 0 aromatic heterocycles. The van der Waals surface area contributed by atoms with Crippen LogP contribution in [0.1, 0.15) is 12.5 Å². The summed E-state index contributed by atoms with van der Waals surface area (Å²) in [4.78, 5) is 10.8. The number of halogens is 3. The zero-order valence-electron chi connectivity index (χ0n) is 7.56. The van der Waals surface area contributed by atoms with Crippen LogP contribution in [-0.4, -0.2) is 10.6 Å². The Morgan fingerprint density at radius 2 is 2.14 bits per heavy atom. The van der Waals surface area contributed by atoms with E-state index in [1.165, 1.54) is 6.92 Å². The molecule has 0 amide bonds. The number of hydrogen-bond donors (Lipinski definition) is 0. The number of hydrogen-bond acceptors (Lipinski definition) is 1. The molecule has 1 unspecified atom stereocenters. The normalized spacial score (nSPS) is 12.6. The molecule has 1 nitrogen and oxygen atoms in total. The molecule has 0 N–H and O–H groups in total. The van der Waals surface area contributed by atoms with Crippen molar-refractivity contribution in [3.63, 3.8) is 0 Å². The van der Waals surface area contributed by atoms with Gasteiger partial charge in [-0.25, -0.2) is 0 Å². The smallest absolute Gasteiger partial charge is 0.143 e. The predicted molar refractivity (Wildman–Crippen MR) is 63.6 cm³/mol. The number of Topliss-reactive ketones (excluding diaryl/α,β-unsaturated/α-hetero) is 1. The number of alkyl halides is 1. The first-order chi connectivity index (χ1) is 6.50. The Bertz CT molecular complexity index is 352. The van der Waals surface area contributed by atoms with Gasteiger partial charge >= 0.3 is 0 Å². The number of benzene rings is 1. The number of rotatable bonds is 3. The van der Waals surface area contributed by atoms with Crippen molar-refractivity contribution in [3.05, 3.63) is 33.8 Å². The standard InChI is InChI=1S/C10H9BrCl2O/c1-6(14)9(11)5-7-4-8(12)2-3-10(7)13/h2-4,9H,5H2,1H3. The minimum Gasteiger partial charge on any atom is -0.299 e. The van der Waals surface area contributed by atoms with E-state index in [0.717, 1.165) is 5.56 Å². The van der Waals surface area contributed by atoms with Crippen LogP contribution in [0.5, 0.6) is 0 Å². The third-order valence-electron chi connectivity index (χ3n) is 1.85. The van der Waals surface area contributed by atoms with Gasteiger partial charge in [-0.2, -0.15) is 0 Å². The highest BCUT2D eigenvalue weighted by atomic mass is 79.9. The van der Waals surface area contributed by atoms with Crippen LogP contribution in [-0.2, 0) is 11.2 Å². The summed E-state index contributed by atoms with van der Waals surface area (Å²) in [6, 6.07) is 5.24. The summed E-state index contributed by atoms with van der Waals surface area (Å²) in [6.45, 7) is 1.54. The van der Waals surface area contributed by atoms with E-state index in [1.54, 1.807) is 18.2 Å². The highest BCUT2D eigenvalue weighted by Gasteiger charge is 2.12. The summed E-state index contributed by atoms with van der Waals surface area (Å²) in [5.41, 5.74) is 0.885. The lowest BCUT2D eigenvalue weighted by Crippen LogP contribution is -2.12. The van der Waals surface area contributed by atoms with Crippen molar-refractivity contribution >= 4 is 44.9 Å². The molecule has 76 valence electrons. The van der Waals surface area contributed by atoms with Crippen molar-refractivity contribution in [1.29, 1.82) is 0 Å². The molecule has 0 radical (unpaired) electrons. The molecular formula is C10H9BrCl2O. The zero-order chi connectivity index (χ0) is 10.7. The van der Waals surface area contributed by atoms with Gasteiger partial charge in [0.15, 0.2) is 0 Å². The fraction of sp³-hybridized carbons (Fsp3) is 0.300. The Hall–Kier alpha value is -0.0500. The molecule has 0 aliphatic rings. The third-order valence-corrected chi connectivity index (χ3v) is 3.42. The number of carbonyl (C=O) groups is 1. The second-order valence-corrected chi connectivity index (χ2v) is 4.97. The first-order valence-corrected chi connectivity index (χ1v) is 5.76. The molecule has 0 aliphatic heterocycles. The minimum atomic E-state index is -0.196. The van der Waals surface area contributed by atoms with Crippen LogP contribution in [0.2, 0.25) is 10.0 Å². The quantitative estimate of drug-likeness (QED) is 0.773. The van der Waals surface area contributed by atoms with Crippen molar-refractivity contribution in [3.8, 4) is 0 Å². The first kappa shape index (κ1) is 12.0. The SMILES string of the molecule is CC(=O)C(Br)Cc1cc(Cl)ccc1Cl. The highest BCUT2D eigenvalue weighted by Crippen LogP contribution is 2.23. The van der Waals surface area contributed by atoms with Crippen molar-refractivity contribution < 1.29 is 4.79 Å². The summed E-state index contributed by atoms with van der Waals surface area (Å²) in [7, 11) is 0. The van der Waals surface area contributed by atoms with Crippen LogP contribution in [0, 0.1) is 0 Å². The van der Waals surface area contributed by atoms with Gasteiger partial charge in [-0.15, -0.1) is 0 Å². The molecular weight excluding hydrogens is 287 g/mol. The van der Waals surface area contributed by atoms with Crippen LogP contribution >= 0.6 is 39.1 Å². The van der Waals surface area contributed by atoms with Gasteiger partial charge in [-0.1, -0.05) is 39.1 Å². The van der Waals surface area contributed by atoms with Gasteiger partial charge < -0.3 is 0 Å². The van der Waals surface area contributed by atoms with Gasteiger partial charge in [-0.3, -0.25) is 4.79 Å². The summed E-state index contributed by atoms with van der Waals surface area (Å²) >= 11 is 15.1. The molecule has 14 heavy (non-hydrogen) atoms. The molecule has 4 heteroatoms. The van der Waals surface area contributed by atoms with Crippen molar-refractivity contribution in [1.82, 2.24) is 0 Å². The Morgan fingerprint density at radius 1 is 1.50 bits per heavy atom. The van der Waals surface area contributed by atoms with Crippen LogP contribution in [0.15, 0.2) is 18.2 Å². The average Bonchev–Trinajstić information content (AvgIpc) is 2.11. The molecule has 0 fully saturated rings. The summed E-state index contributed by atoms with van der Waals surface area (Å²) in [6.07, 6.45) is 0.564. The molecule has 1 atom stereocenters. The lowest BCUT2D eigenvalue weighted by molar-refractivity contribution is -0.116. The fourth-order valence-corrected chi connectivity index (χ4v) is 1.77. The molecule has 0 bridgehead atoms. The molecule has 0 aliphatic carbocycles. The Labute approximate surface area is 102 Å². The molecule has 0 saturated carbocycles. The maximum Gasteiger partial charge on any atom is 0.143 e. The summed E-state index contributed by atoms with van der Waals surface area (Å²) in [5, 5.41) is 1.27. The van der Waals surface area contributed by atoms with Crippen LogP contribution in [0.3, 0.4) is 0 Å². The Kier molecular flexibility index (Phi) is 4.42. The maximum absolute atomic E-state index is 11.0. The second kappa shape index (κ2) is 5.15. The van der Waals surface area contributed by atoms with E-state index in [9.17, 15) is 4.79 Å². The van der Waals surface area contributed by atoms with Crippen molar-refractivity contribution in [2.45, 2.75) is 18.2 Å². The van der Waals surface area contributed by atoms with E-state index in [0.29, 0.717) is 16.5 Å². The molecule has 0 heterocycles. The number of carbonyl (C=O) groups excluding carboxylic acids is 1. The lowest BCUT2D eigenvalue weighted by Gasteiger charge is -2.08. The molecule has 1 aromatic rings. The van der Waals surface area contributed by atoms with Gasteiger partial charge in [0.1, 0.15) is 5.78 Å². The predicted octanol–water partition coefficient (Wildman–Crippen LogP) is 3.89. The highest BCUT2D eigenvalue weighted by molar-refractivity contribution is 9.10. The van der Waals surface area contributed by atoms with E-state index >= 15 is 0 Å². The van der Waals surface area contributed by atoms with E-state index in [-0.39, 0.29) is 10.6 Å². The zero-order valence-corrected chi connectivity index (χ0v) is 10.7. The van der Waals surface area contributed by atoms with E-state index in [1.807, 2.05) is 0 Å². The first-order valence-electron chi connectivity index (χ1n) is 4.09. The van der Waals surface area contributed by atoms with Gasteiger partial charge in [-0.05, 0) is 37.1 Å². The second-order valence-electron chi connectivity index (χ2n) is 3.02. The molecule has 0 saturated heterocycles. The number of ketones is 1. The van der Waals surface area contributed by atoms with Crippen LogP contribution in [0.4, 0.5) is 0 Å². The molecule has 1 aromatic carbocycles. The monoisotopic (exact) mass is 294 g/mol. The van der Waals surface area contributed by atoms with Crippen LogP contribution in [0.25, 0.3) is 0 Å². The summed E-state index contributed by atoms with van der Waals surface area (Å²) < 4.78 is 0. The Balaban J connectivity index is 2.85. The largest absolute Gasteiger partial charge is 0.299 e.